The molecule has 0 aliphatic carbocycles. The summed E-state index contributed by atoms with van der Waals surface area (Å²) in [5.41, 5.74) is 0.108. The molecule has 5 rings (SSSR count). The van der Waals surface area contributed by atoms with E-state index >= 15 is 0 Å². The number of rotatable bonds is 15. The maximum atomic E-state index is 13.6. The first-order valence-electron chi connectivity index (χ1n) is 17.2. The second-order valence-electron chi connectivity index (χ2n) is 13.1. The quantitative estimate of drug-likeness (QED) is 0.0462. The number of aliphatic hydroxyl groups excluding tert-OH is 9. The normalized spacial score (nSPS) is 38.9. The zero-order valence-corrected chi connectivity index (χ0v) is 28.7. The Balaban J connectivity index is 1.32. The van der Waals surface area contributed by atoms with Gasteiger partial charge in [-0.15, -0.1) is 0 Å². The van der Waals surface area contributed by atoms with Gasteiger partial charge in [0.25, 0.3) is 11.8 Å². The van der Waals surface area contributed by atoms with E-state index in [1.165, 1.54) is 19.2 Å². The molecule has 0 aromatic heterocycles. The number of aliphatic hydroxyl groups is 9. The summed E-state index contributed by atoms with van der Waals surface area (Å²) in [7, 11) is 1.28. The molecule has 4 heterocycles. The predicted octanol–water partition coefficient (Wildman–Crippen LogP) is -4.51. The lowest BCUT2D eigenvalue weighted by Crippen LogP contribution is -2.68. The fourth-order valence-corrected chi connectivity index (χ4v) is 6.68. The number of methoxy groups -OCH3 is 1. The molecule has 53 heavy (non-hydrogen) atoms. The number of hydrogen-bond acceptors (Lipinski definition) is 19. The highest BCUT2D eigenvalue weighted by Crippen LogP contribution is 2.36. The molecule has 0 bridgehead atoms. The van der Waals surface area contributed by atoms with Crippen LogP contribution in [0.25, 0.3) is 0 Å². The number of amides is 2. The van der Waals surface area contributed by atoms with E-state index in [9.17, 15) is 60.3 Å². The van der Waals surface area contributed by atoms with Crippen LogP contribution in [0.1, 0.15) is 46.4 Å². The van der Waals surface area contributed by atoms with Crippen LogP contribution in [0.15, 0.2) is 24.3 Å². The van der Waals surface area contributed by atoms with Crippen molar-refractivity contribution < 1.29 is 93.5 Å². The van der Waals surface area contributed by atoms with Gasteiger partial charge in [0.2, 0.25) is 0 Å². The average Bonchev–Trinajstić information content (AvgIpc) is 3.41. The Hall–Kier alpha value is -2.77. The highest BCUT2D eigenvalue weighted by molar-refractivity contribution is 6.21. The van der Waals surface area contributed by atoms with Crippen LogP contribution >= 0.6 is 0 Å². The first-order chi connectivity index (χ1) is 25.3. The summed E-state index contributed by atoms with van der Waals surface area (Å²) in [6, 6.07) is 4.39. The monoisotopic (exact) mass is 761 g/mol. The molecular formula is C33H47NO19. The van der Waals surface area contributed by atoms with E-state index in [4.69, 9.17) is 28.4 Å². The van der Waals surface area contributed by atoms with E-state index in [1.54, 1.807) is 12.1 Å². The van der Waals surface area contributed by atoms with Crippen molar-refractivity contribution in [1.82, 2.24) is 4.90 Å². The number of imide groups is 1. The number of hydrogen-bond donors (Lipinski definition) is 9. The van der Waals surface area contributed by atoms with Crippen LogP contribution in [0.2, 0.25) is 0 Å². The van der Waals surface area contributed by atoms with Crippen LogP contribution in [-0.2, 0) is 38.0 Å². The fourth-order valence-electron chi connectivity index (χ4n) is 6.68. The Morgan fingerprint density at radius 1 is 0.679 bits per heavy atom. The third-order valence-corrected chi connectivity index (χ3v) is 9.71. The molecule has 1 aromatic rings. The van der Waals surface area contributed by atoms with Gasteiger partial charge in [-0.3, -0.25) is 19.3 Å². The number of ether oxygens (including phenoxy) is 7. The lowest BCUT2D eigenvalue weighted by Gasteiger charge is -2.48. The molecule has 3 saturated heterocycles. The molecule has 0 spiro atoms. The highest BCUT2D eigenvalue weighted by Gasteiger charge is 2.56. The van der Waals surface area contributed by atoms with Crippen molar-refractivity contribution in [3.8, 4) is 0 Å². The van der Waals surface area contributed by atoms with Crippen molar-refractivity contribution in [1.29, 1.82) is 0 Å². The van der Waals surface area contributed by atoms with Crippen molar-refractivity contribution in [3.05, 3.63) is 35.4 Å². The molecule has 298 valence electrons. The van der Waals surface area contributed by atoms with Crippen LogP contribution in [0, 0.1) is 0 Å². The highest BCUT2D eigenvalue weighted by atomic mass is 16.7. The van der Waals surface area contributed by atoms with Crippen LogP contribution in [-0.4, -0.2) is 194 Å². The van der Waals surface area contributed by atoms with Crippen molar-refractivity contribution in [2.75, 3.05) is 33.5 Å². The molecule has 9 N–H and O–H groups in total. The summed E-state index contributed by atoms with van der Waals surface area (Å²) in [6.07, 6.45) is -22.2. The molecule has 2 amide bonds. The number of carbonyl (C=O) groups is 3. The molecule has 4 aliphatic heterocycles. The molecular weight excluding hydrogens is 714 g/mol. The number of benzene rings is 1. The van der Waals surface area contributed by atoms with Gasteiger partial charge in [-0.05, 0) is 25.0 Å². The van der Waals surface area contributed by atoms with E-state index in [0.717, 1.165) is 4.90 Å². The molecule has 3 fully saturated rings. The van der Waals surface area contributed by atoms with E-state index in [1.807, 2.05) is 0 Å². The van der Waals surface area contributed by atoms with Crippen molar-refractivity contribution in [3.63, 3.8) is 0 Å². The molecule has 4 aliphatic rings. The van der Waals surface area contributed by atoms with Gasteiger partial charge in [0.15, 0.2) is 18.9 Å². The zero-order chi connectivity index (χ0) is 38.6. The summed E-state index contributed by atoms with van der Waals surface area (Å²) in [4.78, 5) is 39.3. The van der Waals surface area contributed by atoms with Gasteiger partial charge in [-0.1, -0.05) is 18.6 Å². The lowest BCUT2D eigenvalue weighted by molar-refractivity contribution is -0.359. The fraction of sp³-hybridized carbons (Fsp3) is 0.727. The Kier molecular flexibility index (Phi) is 14.2. The van der Waals surface area contributed by atoms with E-state index in [-0.39, 0.29) is 30.1 Å². The van der Waals surface area contributed by atoms with Crippen molar-refractivity contribution in [2.45, 2.75) is 118 Å². The largest absolute Gasteiger partial charge is 0.469 e. The number of unbranched alkanes of at least 4 members (excludes halogenated alkanes) is 2. The lowest BCUT2D eigenvalue weighted by atomic mass is 9.94. The number of esters is 1. The van der Waals surface area contributed by atoms with Gasteiger partial charge in [0, 0.05) is 13.0 Å². The first kappa shape index (κ1) is 41.4. The van der Waals surface area contributed by atoms with E-state index < -0.39 is 124 Å². The maximum absolute atomic E-state index is 13.6. The molecule has 15 atom stereocenters. The second-order valence-corrected chi connectivity index (χ2v) is 13.1. The van der Waals surface area contributed by atoms with Crippen LogP contribution in [0.4, 0.5) is 0 Å². The van der Waals surface area contributed by atoms with Crippen molar-refractivity contribution in [2.24, 2.45) is 0 Å². The zero-order valence-electron chi connectivity index (χ0n) is 28.7. The average molecular weight is 762 g/mol. The van der Waals surface area contributed by atoms with Crippen molar-refractivity contribution >= 4 is 17.8 Å². The van der Waals surface area contributed by atoms with E-state index in [0.29, 0.717) is 19.3 Å². The molecule has 0 saturated carbocycles. The molecule has 20 heteroatoms. The standard InChI is InChI=1S/C33H47NO19/c1-47-19(37)9-3-2-6-10-48-31-20(34-29(45)14-7-4-5-8-15(14)30(34)46)23(40)28(17(12-36)51-31)53-33-27(44)25(42)22(39)18(52-33)13-49-32-26(43)24(41)21(38)16(11-35)50-32/h4-5,7-8,16-18,20-28,31-33,35-36,38-44H,2-3,6,9-13H2,1H3/t16-,17-,18-,20-,21+,22+,23-,24+,25+,26-,27-,28-,31-,32-,33+/m1/s1. The number of nitrogens with zero attached hydrogens (tertiary/aromatic N) is 1. The summed E-state index contributed by atoms with van der Waals surface area (Å²) >= 11 is 0. The summed E-state index contributed by atoms with van der Waals surface area (Å²) in [6.45, 7) is -2.23. The Morgan fingerprint density at radius 2 is 1.25 bits per heavy atom. The summed E-state index contributed by atoms with van der Waals surface area (Å²) in [5.74, 6) is -1.93. The minimum atomic E-state index is -1.98. The smallest absolute Gasteiger partial charge is 0.305 e. The van der Waals surface area contributed by atoms with Gasteiger partial charge in [0.05, 0.1) is 38.1 Å². The molecule has 1 aromatic carbocycles. The molecule has 0 radical (unpaired) electrons. The van der Waals surface area contributed by atoms with Gasteiger partial charge in [0.1, 0.15) is 73.2 Å². The number of fused-ring (bicyclic) bond motifs is 1. The summed E-state index contributed by atoms with van der Waals surface area (Å²) < 4.78 is 38.8. The second kappa shape index (κ2) is 18.2. The van der Waals surface area contributed by atoms with Crippen LogP contribution in [0.5, 0.6) is 0 Å². The Morgan fingerprint density at radius 3 is 1.85 bits per heavy atom. The Labute approximate surface area is 302 Å². The van der Waals surface area contributed by atoms with Gasteiger partial charge < -0.3 is 79.1 Å². The SMILES string of the molecule is COC(=O)CCCCCO[C@@H]1O[C@H](CO)[C@@H](O[C@@H]2O[C@H](CO[C@@H]3O[C@H](CO)[C@H](O)[C@H](O)[C@H]3O)[C@H](O)[C@H](O)[C@H]2O)[C@H](O)[C@H]1N1C(=O)c2ccccc2C1=O. The van der Waals surface area contributed by atoms with Crippen LogP contribution < -0.4 is 0 Å². The Bertz CT molecular complexity index is 1360. The van der Waals surface area contributed by atoms with Gasteiger partial charge >= 0.3 is 5.97 Å². The van der Waals surface area contributed by atoms with Gasteiger partial charge in [-0.25, -0.2) is 0 Å². The minimum absolute atomic E-state index is 0.00738. The van der Waals surface area contributed by atoms with E-state index in [2.05, 4.69) is 4.74 Å². The summed E-state index contributed by atoms with van der Waals surface area (Å²) in [5, 5.41) is 94.2. The third kappa shape index (κ3) is 8.72. The molecule has 20 nitrogen and oxygen atoms in total. The third-order valence-electron chi connectivity index (χ3n) is 9.71. The maximum Gasteiger partial charge on any atom is 0.305 e. The number of carbonyl (C=O) groups excluding carboxylic acids is 3. The first-order valence-corrected chi connectivity index (χ1v) is 17.2. The van der Waals surface area contributed by atoms with Gasteiger partial charge in [-0.2, -0.15) is 0 Å². The predicted molar refractivity (Wildman–Crippen MR) is 170 cm³/mol. The minimum Gasteiger partial charge on any atom is -0.469 e. The molecule has 0 unspecified atom stereocenters. The van der Waals surface area contributed by atoms with Crippen LogP contribution in [0.3, 0.4) is 0 Å². The topological polar surface area (TPSA) is 301 Å².